The second kappa shape index (κ2) is 5.52. The molecule has 2 N–H and O–H groups in total. The number of anilines is 1. The predicted molar refractivity (Wildman–Crippen MR) is 75.2 cm³/mol. The summed E-state index contributed by atoms with van der Waals surface area (Å²) in [4.78, 5) is 16.3. The molecular formula is C13H20N2O2S. The minimum Gasteiger partial charge on any atom is -0.456 e. The molecule has 4 nitrogen and oxygen atoms in total. The molecule has 0 amide bonds. The van der Waals surface area contributed by atoms with Crippen LogP contribution in [0.3, 0.4) is 0 Å². The average molecular weight is 268 g/mol. The second-order valence-electron chi connectivity index (χ2n) is 5.40. The second-order valence-corrected chi connectivity index (χ2v) is 6.29. The van der Waals surface area contributed by atoms with Gasteiger partial charge in [0.25, 0.3) is 0 Å². The number of rotatable bonds is 3. The number of thiazole rings is 1. The molecule has 0 atom stereocenters. The van der Waals surface area contributed by atoms with Crippen molar-refractivity contribution >= 4 is 28.0 Å². The number of aromatic nitrogens is 1. The Balaban J connectivity index is 3.04. The van der Waals surface area contributed by atoms with Crippen LogP contribution in [0.5, 0.6) is 0 Å². The summed E-state index contributed by atoms with van der Waals surface area (Å²) in [6.07, 6.45) is 1.85. The molecule has 0 radical (unpaired) electrons. The molecule has 1 aromatic rings. The van der Waals surface area contributed by atoms with Gasteiger partial charge in [0.2, 0.25) is 0 Å². The molecule has 0 bridgehead atoms. The van der Waals surface area contributed by atoms with Crippen LogP contribution in [0.2, 0.25) is 0 Å². The topological polar surface area (TPSA) is 65.2 Å². The summed E-state index contributed by atoms with van der Waals surface area (Å²) >= 11 is 1.31. The van der Waals surface area contributed by atoms with Crippen LogP contribution < -0.4 is 5.73 Å². The van der Waals surface area contributed by atoms with Crippen LogP contribution >= 0.6 is 11.3 Å². The number of hydrogen-bond acceptors (Lipinski definition) is 5. The zero-order valence-corrected chi connectivity index (χ0v) is 12.3. The molecule has 0 aliphatic carbocycles. The van der Waals surface area contributed by atoms with Gasteiger partial charge in [-0.25, -0.2) is 9.78 Å². The first-order chi connectivity index (χ1) is 8.19. The van der Waals surface area contributed by atoms with Crippen LogP contribution in [0.15, 0.2) is 11.5 Å². The summed E-state index contributed by atoms with van der Waals surface area (Å²) in [5, 5.41) is 2.22. The Hall–Kier alpha value is -1.36. The van der Waals surface area contributed by atoms with Crippen LogP contribution in [-0.2, 0) is 9.53 Å². The third-order valence-electron chi connectivity index (χ3n) is 1.92. The van der Waals surface area contributed by atoms with E-state index in [9.17, 15) is 4.79 Å². The monoisotopic (exact) mass is 268 g/mol. The van der Waals surface area contributed by atoms with E-state index in [2.05, 4.69) is 4.98 Å². The van der Waals surface area contributed by atoms with Gasteiger partial charge in [0.1, 0.15) is 5.60 Å². The van der Waals surface area contributed by atoms with Crippen LogP contribution in [0.25, 0.3) is 5.57 Å². The van der Waals surface area contributed by atoms with Crippen molar-refractivity contribution in [3.05, 3.63) is 17.2 Å². The highest BCUT2D eigenvalue weighted by Gasteiger charge is 2.22. The normalized spacial score (nSPS) is 12.9. The van der Waals surface area contributed by atoms with Gasteiger partial charge in [-0.1, -0.05) is 19.9 Å². The van der Waals surface area contributed by atoms with Gasteiger partial charge in [-0.15, -0.1) is 11.3 Å². The Kier molecular flexibility index (Phi) is 4.51. The summed E-state index contributed by atoms with van der Waals surface area (Å²) in [5.74, 6) is -0.128. The Morgan fingerprint density at radius 3 is 2.50 bits per heavy atom. The molecule has 18 heavy (non-hydrogen) atoms. The number of esters is 1. The lowest BCUT2D eigenvalue weighted by molar-refractivity contribution is -0.147. The molecule has 1 rings (SSSR count). The number of carbonyl (C=O) groups excluding carboxylic acids is 1. The largest absolute Gasteiger partial charge is 0.456 e. The van der Waals surface area contributed by atoms with E-state index in [1.165, 1.54) is 11.3 Å². The third-order valence-corrected chi connectivity index (χ3v) is 2.59. The van der Waals surface area contributed by atoms with Gasteiger partial charge in [-0.3, -0.25) is 0 Å². The summed E-state index contributed by atoms with van der Waals surface area (Å²) < 4.78 is 5.38. The predicted octanol–water partition coefficient (Wildman–Crippen LogP) is 3.11. The van der Waals surface area contributed by atoms with Crippen molar-refractivity contribution in [3.8, 4) is 0 Å². The zero-order valence-electron chi connectivity index (χ0n) is 11.5. The maximum absolute atomic E-state index is 12.1. The molecule has 0 spiro atoms. The fourth-order valence-electron chi connectivity index (χ4n) is 1.34. The van der Waals surface area contributed by atoms with Gasteiger partial charge in [-0.2, -0.15) is 0 Å². The van der Waals surface area contributed by atoms with Crippen LogP contribution in [0, 0.1) is 5.92 Å². The summed E-state index contributed by atoms with van der Waals surface area (Å²) in [7, 11) is 0. The average Bonchev–Trinajstić information content (AvgIpc) is 2.57. The van der Waals surface area contributed by atoms with E-state index in [1.807, 2.05) is 40.7 Å². The number of hydrogen-bond donors (Lipinski definition) is 1. The molecule has 0 aliphatic rings. The van der Waals surface area contributed by atoms with Gasteiger partial charge >= 0.3 is 5.97 Å². The van der Waals surface area contributed by atoms with Gasteiger partial charge in [0.05, 0.1) is 11.3 Å². The lowest BCUT2D eigenvalue weighted by Gasteiger charge is -2.20. The van der Waals surface area contributed by atoms with E-state index in [1.54, 1.807) is 5.38 Å². The third kappa shape index (κ3) is 4.49. The molecule has 0 aliphatic heterocycles. The van der Waals surface area contributed by atoms with Crippen LogP contribution in [-0.4, -0.2) is 16.6 Å². The van der Waals surface area contributed by atoms with Crippen molar-refractivity contribution in [2.24, 2.45) is 5.92 Å². The van der Waals surface area contributed by atoms with Gasteiger partial charge < -0.3 is 10.5 Å². The molecule has 0 fully saturated rings. The van der Waals surface area contributed by atoms with Crippen molar-refractivity contribution in [1.82, 2.24) is 4.98 Å². The number of nitrogen functional groups attached to an aromatic ring is 1. The highest BCUT2D eigenvalue weighted by molar-refractivity contribution is 7.13. The SMILES string of the molecule is CC(C)/C=C(/C(=O)OC(C)(C)C)c1csc(N)n1. The first kappa shape index (κ1) is 14.7. The molecule has 0 saturated heterocycles. The Morgan fingerprint density at radius 1 is 1.50 bits per heavy atom. The van der Waals surface area contributed by atoms with E-state index in [4.69, 9.17) is 10.5 Å². The minimum absolute atomic E-state index is 0.232. The lowest BCUT2D eigenvalue weighted by Crippen LogP contribution is -2.24. The van der Waals surface area contributed by atoms with E-state index in [0.29, 0.717) is 16.4 Å². The first-order valence-corrected chi connectivity index (χ1v) is 6.73. The van der Waals surface area contributed by atoms with Crippen molar-refractivity contribution in [2.45, 2.75) is 40.2 Å². The summed E-state index contributed by atoms with van der Waals surface area (Å²) in [6.45, 7) is 9.52. The number of nitrogens with two attached hydrogens (primary N) is 1. The number of ether oxygens (including phenoxy) is 1. The lowest BCUT2D eigenvalue weighted by atomic mass is 10.1. The highest BCUT2D eigenvalue weighted by atomic mass is 32.1. The van der Waals surface area contributed by atoms with Gasteiger partial charge in [-0.05, 0) is 26.7 Å². The van der Waals surface area contributed by atoms with E-state index < -0.39 is 5.60 Å². The highest BCUT2D eigenvalue weighted by Crippen LogP contribution is 2.24. The molecule has 0 saturated carbocycles. The standard InChI is InChI=1S/C13H20N2O2S/c1-8(2)6-9(10-7-18-12(14)15-10)11(16)17-13(3,4)5/h6-8H,1-5H3,(H2,14,15)/b9-6+. The molecule has 100 valence electrons. The Bertz CT molecular complexity index is 456. The quantitative estimate of drug-likeness (QED) is 0.675. The van der Waals surface area contributed by atoms with Crippen LogP contribution in [0.1, 0.15) is 40.3 Å². The molecule has 5 heteroatoms. The smallest absolute Gasteiger partial charge is 0.340 e. The molecule has 1 aromatic heterocycles. The van der Waals surface area contributed by atoms with Crippen molar-refractivity contribution < 1.29 is 9.53 Å². The van der Waals surface area contributed by atoms with Crippen molar-refractivity contribution in [3.63, 3.8) is 0 Å². The fourth-order valence-corrected chi connectivity index (χ4v) is 1.90. The minimum atomic E-state index is -0.519. The summed E-state index contributed by atoms with van der Waals surface area (Å²) in [6, 6.07) is 0. The number of allylic oxidation sites excluding steroid dienone is 1. The van der Waals surface area contributed by atoms with Gasteiger partial charge in [0.15, 0.2) is 5.13 Å². The Morgan fingerprint density at radius 2 is 2.11 bits per heavy atom. The number of nitrogens with zero attached hydrogens (tertiary/aromatic N) is 1. The maximum atomic E-state index is 12.1. The van der Waals surface area contributed by atoms with Crippen LogP contribution in [0.4, 0.5) is 5.13 Å². The Labute approximate surface area is 112 Å². The molecular weight excluding hydrogens is 248 g/mol. The van der Waals surface area contributed by atoms with E-state index >= 15 is 0 Å². The van der Waals surface area contributed by atoms with E-state index in [-0.39, 0.29) is 11.9 Å². The van der Waals surface area contributed by atoms with E-state index in [0.717, 1.165) is 0 Å². The molecule has 0 unspecified atom stereocenters. The maximum Gasteiger partial charge on any atom is 0.340 e. The van der Waals surface area contributed by atoms with Crippen molar-refractivity contribution in [2.75, 3.05) is 5.73 Å². The van der Waals surface area contributed by atoms with Gasteiger partial charge in [0, 0.05) is 5.38 Å². The summed E-state index contributed by atoms with van der Waals surface area (Å²) in [5.41, 5.74) is 6.15. The zero-order chi connectivity index (χ0) is 13.9. The first-order valence-electron chi connectivity index (χ1n) is 5.85. The molecule has 0 aromatic carbocycles. The van der Waals surface area contributed by atoms with Crippen molar-refractivity contribution in [1.29, 1.82) is 0 Å². The number of carbonyl (C=O) groups is 1. The molecule has 1 heterocycles. The fraction of sp³-hybridized carbons (Fsp3) is 0.538.